The van der Waals surface area contributed by atoms with Gasteiger partial charge < -0.3 is 5.32 Å². The van der Waals surface area contributed by atoms with E-state index < -0.39 is 0 Å². The van der Waals surface area contributed by atoms with Crippen LogP contribution in [-0.4, -0.2) is 12.3 Å². The Morgan fingerprint density at radius 2 is 2.55 bits per heavy atom. The van der Waals surface area contributed by atoms with Crippen molar-refractivity contribution in [2.24, 2.45) is 0 Å². The number of anilines is 1. The molecule has 0 amide bonds. The summed E-state index contributed by atoms with van der Waals surface area (Å²) in [6.45, 7) is 1.10. The molecular formula is C9H10NS. The molecule has 2 heteroatoms. The number of hydrogen-bond donors (Lipinski definition) is 1. The Hall–Kier alpha value is -0.630. The van der Waals surface area contributed by atoms with E-state index in [2.05, 4.69) is 23.5 Å². The van der Waals surface area contributed by atoms with Crippen LogP contribution in [0, 0.1) is 6.07 Å². The summed E-state index contributed by atoms with van der Waals surface area (Å²) in [7, 11) is 0. The molecule has 0 saturated carbocycles. The highest BCUT2D eigenvalue weighted by Gasteiger charge is 2.04. The SMILES string of the molecule is [c]1ccc2c(c1)SCCCN2. The molecule has 11 heavy (non-hydrogen) atoms. The molecule has 0 spiro atoms. The van der Waals surface area contributed by atoms with E-state index in [-0.39, 0.29) is 0 Å². The predicted octanol–water partition coefficient (Wildman–Crippen LogP) is 2.39. The van der Waals surface area contributed by atoms with Gasteiger partial charge in [0.2, 0.25) is 0 Å². The average Bonchev–Trinajstić information content (AvgIpc) is 2.28. The molecule has 0 unspecified atom stereocenters. The number of benzene rings is 1. The monoisotopic (exact) mass is 164 g/mol. The Balaban J connectivity index is 2.33. The Morgan fingerprint density at radius 1 is 1.55 bits per heavy atom. The second-order valence-electron chi connectivity index (χ2n) is 2.55. The van der Waals surface area contributed by atoms with Crippen LogP contribution in [0.4, 0.5) is 5.69 Å². The highest BCUT2D eigenvalue weighted by Crippen LogP contribution is 2.29. The van der Waals surface area contributed by atoms with Crippen LogP contribution in [0.1, 0.15) is 6.42 Å². The van der Waals surface area contributed by atoms with Gasteiger partial charge in [-0.05, 0) is 30.4 Å². The fourth-order valence-corrected chi connectivity index (χ4v) is 2.11. The fourth-order valence-electron chi connectivity index (χ4n) is 1.16. The van der Waals surface area contributed by atoms with Crippen LogP contribution in [0.3, 0.4) is 0 Å². The topological polar surface area (TPSA) is 12.0 Å². The minimum atomic E-state index is 1.10. The zero-order valence-corrected chi connectivity index (χ0v) is 7.08. The molecule has 0 aromatic heterocycles. The summed E-state index contributed by atoms with van der Waals surface area (Å²) in [6.07, 6.45) is 1.25. The van der Waals surface area contributed by atoms with E-state index in [0.29, 0.717) is 0 Å². The van der Waals surface area contributed by atoms with Gasteiger partial charge in [-0.1, -0.05) is 6.07 Å². The number of rotatable bonds is 0. The molecule has 0 fully saturated rings. The molecule has 1 N–H and O–H groups in total. The van der Waals surface area contributed by atoms with Crippen LogP contribution < -0.4 is 5.32 Å². The van der Waals surface area contributed by atoms with E-state index in [0.717, 1.165) is 6.54 Å². The quantitative estimate of drug-likeness (QED) is 0.632. The molecule has 0 bridgehead atoms. The third-order valence-corrected chi connectivity index (χ3v) is 2.86. The normalized spacial score (nSPS) is 16.4. The molecule has 1 radical (unpaired) electrons. The average molecular weight is 164 g/mol. The van der Waals surface area contributed by atoms with Gasteiger partial charge in [-0.2, -0.15) is 0 Å². The molecule has 1 aromatic carbocycles. The highest BCUT2D eigenvalue weighted by atomic mass is 32.2. The summed E-state index contributed by atoms with van der Waals surface area (Å²) in [5.74, 6) is 1.22. The molecule has 0 saturated heterocycles. The van der Waals surface area contributed by atoms with Crippen molar-refractivity contribution < 1.29 is 0 Å². The van der Waals surface area contributed by atoms with E-state index in [1.165, 1.54) is 22.8 Å². The van der Waals surface area contributed by atoms with Gasteiger partial charge in [0.1, 0.15) is 0 Å². The van der Waals surface area contributed by atoms with Crippen LogP contribution in [0.25, 0.3) is 0 Å². The zero-order chi connectivity index (χ0) is 7.52. The first-order valence-electron chi connectivity index (χ1n) is 3.83. The molecule has 1 aromatic rings. The van der Waals surface area contributed by atoms with Crippen molar-refractivity contribution in [1.82, 2.24) is 0 Å². The summed E-state index contributed by atoms with van der Waals surface area (Å²) < 4.78 is 0. The molecule has 1 aliphatic heterocycles. The van der Waals surface area contributed by atoms with Crippen molar-refractivity contribution in [2.75, 3.05) is 17.6 Å². The maximum absolute atomic E-state index is 3.38. The molecular weight excluding hydrogens is 154 g/mol. The Bertz CT molecular complexity index is 222. The van der Waals surface area contributed by atoms with Crippen LogP contribution >= 0.6 is 11.8 Å². The van der Waals surface area contributed by atoms with E-state index in [1.807, 2.05) is 17.8 Å². The molecule has 1 nitrogen and oxygen atoms in total. The highest BCUT2D eigenvalue weighted by molar-refractivity contribution is 7.99. The number of nitrogens with one attached hydrogen (secondary N) is 1. The summed E-state index contributed by atoms with van der Waals surface area (Å²) in [5.41, 5.74) is 1.27. The molecule has 1 aliphatic rings. The van der Waals surface area contributed by atoms with E-state index >= 15 is 0 Å². The summed E-state index contributed by atoms with van der Waals surface area (Å²) in [6, 6.07) is 9.19. The lowest BCUT2D eigenvalue weighted by Gasteiger charge is -2.04. The largest absolute Gasteiger partial charge is 0.384 e. The van der Waals surface area contributed by atoms with E-state index in [9.17, 15) is 0 Å². The number of hydrogen-bond acceptors (Lipinski definition) is 2. The summed E-state index contributed by atoms with van der Waals surface area (Å²) in [5, 5.41) is 3.38. The number of fused-ring (bicyclic) bond motifs is 1. The van der Waals surface area contributed by atoms with Gasteiger partial charge in [0.05, 0.1) is 0 Å². The summed E-state index contributed by atoms with van der Waals surface area (Å²) >= 11 is 1.92. The van der Waals surface area contributed by atoms with Gasteiger partial charge in [-0.25, -0.2) is 0 Å². The van der Waals surface area contributed by atoms with Crippen LogP contribution in [0.2, 0.25) is 0 Å². The third kappa shape index (κ3) is 1.51. The molecule has 0 aliphatic carbocycles. The standard InChI is InChI=1S/C9H10NS/c1-2-5-9-8(4-1)10-6-3-7-11-9/h1,4-5,10H,3,6-7H2. The lowest BCUT2D eigenvalue weighted by atomic mass is 10.3. The first-order valence-corrected chi connectivity index (χ1v) is 4.82. The van der Waals surface area contributed by atoms with Gasteiger partial charge in [0, 0.05) is 17.1 Å². The minimum absolute atomic E-state index is 1.10. The Labute approximate surface area is 71.2 Å². The van der Waals surface area contributed by atoms with Gasteiger partial charge in [0.15, 0.2) is 0 Å². The molecule has 0 atom stereocenters. The van der Waals surface area contributed by atoms with Crippen molar-refractivity contribution in [3.8, 4) is 0 Å². The van der Waals surface area contributed by atoms with Gasteiger partial charge in [-0.3, -0.25) is 0 Å². The van der Waals surface area contributed by atoms with Crippen LogP contribution in [-0.2, 0) is 0 Å². The second-order valence-corrected chi connectivity index (χ2v) is 3.69. The molecule has 57 valence electrons. The van der Waals surface area contributed by atoms with Gasteiger partial charge in [0.25, 0.3) is 0 Å². The predicted molar refractivity (Wildman–Crippen MR) is 49.1 cm³/mol. The Morgan fingerprint density at radius 3 is 3.55 bits per heavy atom. The third-order valence-electron chi connectivity index (χ3n) is 1.72. The van der Waals surface area contributed by atoms with Crippen molar-refractivity contribution in [2.45, 2.75) is 11.3 Å². The van der Waals surface area contributed by atoms with Crippen molar-refractivity contribution in [1.29, 1.82) is 0 Å². The number of thioether (sulfide) groups is 1. The maximum atomic E-state index is 3.38. The van der Waals surface area contributed by atoms with E-state index in [1.54, 1.807) is 0 Å². The van der Waals surface area contributed by atoms with Gasteiger partial charge in [-0.15, -0.1) is 11.8 Å². The molecule has 2 rings (SSSR count). The smallest absolute Gasteiger partial charge is 0.0478 e. The molecule has 1 heterocycles. The van der Waals surface area contributed by atoms with Crippen molar-refractivity contribution in [3.05, 3.63) is 24.3 Å². The Kier molecular flexibility index (Phi) is 2.04. The first-order chi connectivity index (χ1) is 5.47. The van der Waals surface area contributed by atoms with Crippen LogP contribution in [0.15, 0.2) is 23.1 Å². The first kappa shape index (κ1) is 7.04. The lowest BCUT2D eigenvalue weighted by Crippen LogP contribution is -1.99. The van der Waals surface area contributed by atoms with Crippen molar-refractivity contribution >= 4 is 17.4 Å². The second kappa shape index (κ2) is 3.18. The maximum Gasteiger partial charge on any atom is 0.0478 e. The van der Waals surface area contributed by atoms with Crippen LogP contribution in [0.5, 0.6) is 0 Å². The lowest BCUT2D eigenvalue weighted by molar-refractivity contribution is 0.999. The van der Waals surface area contributed by atoms with Crippen molar-refractivity contribution in [3.63, 3.8) is 0 Å². The van der Waals surface area contributed by atoms with E-state index in [4.69, 9.17) is 0 Å². The fraction of sp³-hybridized carbons (Fsp3) is 0.333. The minimum Gasteiger partial charge on any atom is -0.384 e. The summed E-state index contributed by atoms with van der Waals surface area (Å²) in [4.78, 5) is 1.34. The zero-order valence-electron chi connectivity index (χ0n) is 6.26. The van der Waals surface area contributed by atoms with Gasteiger partial charge >= 0.3 is 0 Å².